The third kappa shape index (κ3) is 2.06. The van der Waals surface area contributed by atoms with Gasteiger partial charge in [-0.1, -0.05) is 0 Å². The molecule has 0 bridgehead atoms. The van der Waals surface area contributed by atoms with E-state index in [0.717, 1.165) is 22.3 Å². The number of aromatic nitrogens is 4. The zero-order valence-corrected chi connectivity index (χ0v) is 13.3. The molecule has 1 aliphatic heterocycles. The average molecular weight is 319 g/mol. The highest BCUT2D eigenvalue weighted by molar-refractivity contribution is 7.19. The van der Waals surface area contributed by atoms with Crippen LogP contribution in [0.2, 0.25) is 0 Å². The zero-order chi connectivity index (χ0) is 15.3. The van der Waals surface area contributed by atoms with Crippen molar-refractivity contribution in [3.8, 4) is 0 Å². The van der Waals surface area contributed by atoms with Gasteiger partial charge in [-0.15, -0.1) is 11.3 Å². The Morgan fingerprint density at radius 1 is 1.50 bits per heavy atom. The lowest BCUT2D eigenvalue weighted by Gasteiger charge is -2.30. The van der Waals surface area contributed by atoms with E-state index in [1.807, 2.05) is 0 Å². The Morgan fingerprint density at radius 3 is 3.18 bits per heavy atom. The van der Waals surface area contributed by atoms with E-state index in [0.29, 0.717) is 19.1 Å². The summed E-state index contributed by atoms with van der Waals surface area (Å²) in [6, 6.07) is 0. The Bertz CT molecular complexity index is 854. The molecule has 22 heavy (non-hydrogen) atoms. The second-order valence-corrected chi connectivity index (χ2v) is 7.07. The second-order valence-electron chi connectivity index (χ2n) is 5.99. The smallest absolute Gasteiger partial charge is 0.227 e. The van der Waals surface area contributed by atoms with Crippen LogP contribution in [-0.4, -0.2) is 43.4 Å². The molecule has 0 amide bonds. The lowest BCUT2D eigenvalue weighted by Crippen LogP contribution is -2.31. The van der Waals surface area contributed by atoms with Crippen molar-refractivity contribution in [1.29, 1.82) is 0 Å². The summed E-state index contributed by atoms with van der Waals surface area (Å²) in [7, 11) is 0. The first-order valence-electron chi connectivity index (χ1n) is 7.22. The minimum absolute atomic E-state index is 0.0406. The summed E-state index contributed by atoms with van der Waals surface area (Å²) < 4.78 is 7.60. The van der Waals surface area contributed by atoms with Crippen LogP contribution in [0.15, 0.2) is 6.33 Å². The first-order valence-corrected chi connectivity index (χ1v) is 8.03. The van der Waals surface area contributed by atoms with E-state index < -0.39 is 0 Å². The van der Waals surface area contributed by atoms with Gasteiger partial charge < -0.3 is 15.2 Å². The number of ether oxygens (including phenoxy) is 1. The molecule has 116 valence electrons. The van der Waals surface area contributed by atoms with E-state index in [9.17, 15) is 0 Å². The van der Waals surface area contributed by atoms with Crippen LogP contribution in [0.4, 0.5) is 5.95 Å². The van der Waals surface area contributed by atoms with Crippen LogP contribution in [0.3, 0.4) is 0 Å². The summed E-state index contributed by atoms with van der Waals surface area (Å²) in [6.07, 6.45) is 2.38. The third-order valence-corrected chi connectivity index (χ3v) is 4.94. The van der Waals surface area contributed by atoms with Crippen LogP contribution in [0.1, 0.15) is 24.3 Å². The molecular weight excluding hydrogens is 302 g/mol. The number of aliphatic hydroxyl groups is 1. The summed E-state index contributed by atoms with van der Waals surface area (Å²) >= 11 is 1.65. The highest BCUT2D eigenvalue weighted by Crippen LogP contribution is 2.40. The summed E-state index contributed by atoms with van der Waals surface area (Å²) in [6.45, 7) is 5.28. The van der Waals surface area contributed by atoms with Gasteiger partial charge in [-0.05, 0) is 19.4 Å². The first kappa shape index (κ1) is 13.9. The number of rotatable bonds is 3. The van der Waals surface area contributed by atoms with Crippen molar-refractivity contribution in [3.05, 3.63) is 16.8 Å². The molecule has 0 saturated heterocycles. The molecule has 0 aromatic carbocycles. The molecule has 0 fully saturated rings. The topological polar surface area (TPSA) is 84.6 Å². The number of nitrogens with zero attached hydrogens (tertiary/aromatic N) is 4. The molecule has 0 aliphatic carbocycles. The summed E-state index contributed by atoms with van der Waals surface area (Å²) in [5.74, 6) is 0.604. The quantitative estimate of drug-likeness (QED) is 0.763. The SMILES string of the molecule is CC1(C)Cc2c(sc3nc(NCCO)n4ncnc4c23)CO1. The third-order valence-electron chi connectivity index (χ3n) is 3.84. The lowest BCUT2D eigenvalue weighted by atomic mass is 9.94. The van der Waals surface area contributed by atoms with E-state index in [1.54, 1.807) is 15.9 Å². The highest BCUT2D eigenvalue weighted by Gasteiger charge is 2.31. The molecule has 0 atom stereocenters. The van der Waals surface area contributed by atoms with Crippen molar-refractivity contribution in [2.45, 2.75) is 32.5 Å². The summed E-state index contributed by atoms with van der Waals surface area (Å²) in [5.41, 5.74) is 1.90. The van der Waals surface area contributed by atoms with Gasteiger partial charge in [0.25, 0.3) is 0 Å². The van der Waals surface area contributed by atoms with Gasteiger partial charge >= 0.3 is 0 Å². The minimum atomic E-state index is -0.175. The molecule has 2 N–H and O–H groups in total. The largest absolute Gasteiger partial charge is 0.395 e. The van der Waals surface area contributed by atoms with E-state index in [4.69, 9.17) is 9.84 Å². The monoisotopic (exact) mass is 319 g/mol. The number of nitrogens with one attached hydrogen (secondary N) is 1. The Balaban J connectivity index is 1.96. The van der Waals surface area contributed by atoms with E-state index in [2.05, 4.69) is 34.2 Å². The number of fused-ring (bicyclic) bond motifs is 5. The van der Waals surface area contributed by atoms with Crippen LogP contribution in [0.25, 0.3) is 15.9 Å². The fraction of sp³-hybridized carbons (Fsp3) is 0.500. The maximum absolute atomic E-state index is 9.00. The van der Waals surface area contributed by atoms with Crippen LogP contribution in [0, 0.1) is 0 Å². The Hall–Kier alpha value is -1.77. The number of anilines is 1. The standard InChI is InChI=1S/C14H17N5O2S/c1-14(2)5-8-9(6-21-14)22-12-10(8)11-16-7-17-19(11)13(18-12)15-3-4-20/h7,20H,3-6H2,1-2H3,(H,15,18). The van der Waals surface area contributed by atoms with Crippen LogP contribution in [0.5, 0.6) is 0 Å². The molecule has 1 aliphatic rings. The Kier molecular flexibility index (Phi) is 3.07. The molecular formula is C14H17N5O2S. The van der Waals surface area contributed by atoms with Crippen molar-refractivity contribution >= 4 is 33.1 Å². The minimum Gasteiger partial charge on any atom is -0.395 e. The van der Waals surface area contributed by atoms with Gasteiger partial charge in [-0.25, -0.2) is 9.97 Å². The summed E-state index contributed by atoms with van der Waals surface area (Å²) in [4.78, 5) is 11.2. The Labute approximate surface area is 131 Å². The molecule has 3 aromatic heterocycles. The molecule has 0 radical (unpaired) electrons. The Morgan fingerprint density at radius 2 is 2.36 bits per heavy atom. The van der Waals surface area contributed by atoms with Crippen molar-refractivity contribution in [2.75, 3.05) is 18.5 Å². The molecule has 4 heterocycles. The normalized spacial score (nSPS) is 17.0. The lowest BCUT2D eigenvalue weighted by molar-refractivity contribution is -0.0379. The molecule has 3 aromatic rings. The van der Waals surface area contributed by atoms with Crippen molar-refractivity contribution < 1.29 is 9.84 Å². The number of hydrogen-bond donors (Lipinski definition) is 2. The molecule has 0 unspecified atom stereocenters. The predicted molar refractivity (Wildman–Crippen MR) is 84.3 cm³/mol. The molecule has 4 rings (SSSR count). The maximum atomic E-state index is 9.00. The number of aliphatic hydroxyl groups excluding tert-OH is 1. The summed E-state index contributed by atoms with van der Waals surface area (Å²) in [5, 5.41) is 17.4. The highest BCUT2D eigenvalue weighted by atomic mass is 32.1. The van der Waals surface area contributed by atoms with Gasteiger partial charge in [0.2, 0.25) is 5.95 Å². The molecule has 0 spiro atoms. The van der Waals surface area contributed by atoms with Gasteiger partial charge in [0.15, 0.2) is 5.65 Å². The van der Waals surface area contributed by atoms with Crippen LogP contribution < -0.4 is 5.32 Å². The van der Waals surface area contributed by atoms with Crippen molar-refractivity contribution in [1.82, 2.24) is 19.6 Å². The van der Waals surface area contributed by atoms with E-state index in [1.165, 1.54) is 16.8 Å². The maximum Gasteiger partial charge on any atom is 0.227 e. The van der Waals surface area contributed by atoms with Gasteiger partial charge in [0, 0.05) is 17.8 Å². The van der Waals surface area contributed by atoms with Crippen LogP contribution in [-0.2, 0) is 17.8 Å². The fourth-order valence-corrected chi connectivity index (χ4v) is 3.94. The average Bonchev–Trinajstić information content (AvgIpc) is 3.07. The van der Waals surface area contributed by atoms with Gasteiger partial charge in [-0.3, -0.25) is 0 Å². The predicted octanol–water partition coefficient (Wildman–Crippen LogP) is 1.59. The van der Waals surface area contributed by atoms with Crippen molar-refractivity contribution in [2.24, 2.45) is 0 Å². The second kappa shape index (κ2) is 4.87. The fourth-order valence-electron chi connectivity index (χ4n) is 2.84. The molecule has 7 nitrogen and oxygen atoms in total. The zero-order valence-electron chi connectivity index (χ0n) is 12.5. The molecule has 0 saturated carbocycles. The van der Waals surface area contributed by atoms with E-state index >= 15 is 0 Å². The first-order chi connectivity index (χ1) is 10.6. The van der Waals surface area contributed by atoms with E-state index in [-0.39, 0.29) is 12.2 Å². The van der Waals surface area contributed by atoms with Gasteiger partial charge in [-0.2, -0.15) is 9.61 Å². The number of thiophene rings is 1. The van der Waals surface area contributed by atoms with Gasteiger partial charge in [0.05, 0.1) is 24.2 Å². The van der Waals surface area contributed by atoms with Crippen molar-refractivity contribution in [3.63, 3.8) is 0 Å². The number of hydrogen-bond acceptors (Lipinski definition) is 7. The van der Waals surface area contributed by atoms with Gasteiger partial charge in [0.1, 0.15) is 11.2 Å². The molecule has 8 heteroatoms. The van der Waals surface area contributed by atoms with Crippen LogP contribution >= 0.6 is 11.3 Å².